The van der Waals surface area contributed by atoms with E-state index in [2.05, 4.69) is 34.7 Å². The molecule has 17 heavy (non-hydrogen) atoms. The average molecular weight is 318 g/mol. The monoisotopic (exact) mass is 316 g/mol. The first-order valence-corrected chi connectivity index (χ1v) is 7.01. The van der Waals surface area contributed by atoms with Crippen LogP contribution in [0.25, 0.3) is 0 Å². The van der Waals surface area contributed by atoms with E-state index >= 15 is 0 Å². The van der Waals surface area contributed by atoms with E-state index in [0.717, 1.165) is 31.1 Å². The van der Waals surface area contributed by atoms with E-state index in [1.807, 2.05) is 12.1 Å². The van der Waals surface area contributed by atoms with Gasteiger partial charge in [-0.3, -0.25) is 4.90 Å². The van der Waals surface area contributed by atoms with Crippen molar-refractivity contribution in [2.75, 3.05) is 13.1 Å². The van der Waals surface area contributed by atoms with Crippen molar-refractivity contribution in [2.45, 2.75) is 32.4 Å². The van der Waals surface area contributed by atoms with Crippen LogP contribution in [-0.2, 0) is 13.0 Å². The van der Waals surface area contributed by atoms with Gasteiger partial charge in [0.2, 0.25) is 0 Å². The number of benzene rings is 1. The molecule has 1 heterocycles. The van der Waals surface area contributed by atoms with Crippen molar-refractivity contribution in [1.82, 2.24) is 4.90 Å². The highest BCUT2D eigenvalue weighted by Crippen LogP contribution is 2.32. The van der Waals surface area contributed by atoms with E-state index in [1.165, 1.54) is 15.6 Å². The Bertz CT molecular complexity index is 426. The molecule has 4 heteroatoms. The van der Waals surface area contributed by atoms with Gasteiger partial charge in [-0.1, -0.05) is 27.5 Å². The van der Waals surface area contributed by atoms with Gasteiger partial charge in [0.15, 0.2) is 0 Å². The molecule has 0 aromatic heterocycles. The molecule has 2 N–H and O–H groups in total. The molecule has 0 fully saturated rings. The first-order chi connectivity index (χ1) is 7.87. The Morgan fingerprint density at radius 2 is 2.12 bits per heavy atom. The van der Waals surface area contributed by atoms with Gasteiger partial charge in [0.1, 0.15) is 0 Å². The van der Waals surface area contributed by atoms with Gasteiger partial charge in [-0.2, -0.15) is 0 Å². The van der Waals surface area contributed by atoms with E-state index in [0.29, 0.717) is 0 Å². The first kappa shape index (κ1) is 13.3. The van der Waals surface area contributed by atoms with Crippen LogP contribution in [0.4, 0.5) is 0 Å². The molecule has 1 aliphatic heterocycles. The van der Waals surface area contributed by atoms with Crippen molar-refractivity contribution in [3.05, 3.63) is 32.8 Å². The summed E-state index contributed by atoms with van der Waals surface area (Å²) in [5, 5.41) is 0.864. The maximum atomic E-state index is 6.27. The zero-order valence-electron chi connectivity index (χ0n) is 10.3. The number of hydrogen-bond acceptors (Lipinski definition) is 2. The standard InChI is InChI=1S/C13H18BrClN2/c1-13(2,16)8-17-6-5-9-10(7-17)12(15)4-3-11(9)14/h3-4H,5-8,16H2,1-2H3. The van der Waals surface area contributed by atoms with Crippen molar-refractivity contribution in [2.24, 2.45) is 5.73 Å². The van der Waals surface area contributed by atoms with Crippen LogP contribution < -0.4 is 5.73 Å². The average Bonchev–Trinajstić information content (AvgIpc) is 2.21. The predicted molar refractivity (Wildman–Crippen MR) is 76.4 cm³/mol. The molecule has 0 radical (unpaired) electrons. The summed E-state index contributed by atoms with van der Waals surface area (Å²) in [6, 6.07) is 3.99. The van der Waals surface area contributed by atoms with Gasteiger partial charge >= 0.3 is 0 Å². The second kappa shape index (κ2) is 4.88. The van der Waals surface area contributed by atoms with Gasteiger partial charge in [0.05, 0.1) is 0 Å². The quantitative estimate of drug-likeness (QED) is 0.907. The molecule has 0 spiro atoms. The van der Waals surface area contributed by atoms with Gasteiger partial charge in [-0.05, 0) is 43.5 Å². The number of rotatable bonds is 2. The van der Waals surface area contributed by atoms with Crippen LogP contribution in [0.5, 0.6) is 0 Å². The fourth-order valence-electron chi connectivity index (χ4n) is 2.36. The lowest BCUT2D eigenvalue weighted by molar-refractivity contribution is 0.209. The molecule has 0 bridgehead atoms. The number of halogens is 2. The Morgan fingerprint density at radius 3 is 2.76 bits per heavy atom. The highest BCUT2D eigenvalue weighted by molar-refractivity contribution is 9.10. The molecule has 0 atom stereocenters. The molecule has 0 saturated carbocycles. The minimum atomic E-state index is -0.157. The molecule has 0 unspecified atom stereocenters. The SMILES string of the molecule is CC(C)(N)CN1CCc2c(Br)ccc(Cl)c2C1. The van der Waals surface area contributed by atoms with Gasteiger partial charge in [0, 0.05) is 34.7 Å². The Balaban J connectivity index is 2.21. The van der Waals surface area contributed by atoms with Crippen LogP contribution >= 0.6 is 27.5 Å². The molecular formula is C13H18BrClN2. The van der Waals surface area contributed by atoms with E-state index in [1.54, 1.807) is 0 Å². The minimum Gasteiger partial charge on any atom is -0.324 e. The summed E-state index contributed by atoms with van der Waals surface area (Å²) in [7, 11) is 0. The maximum absolute atomic E-state index is 6.27. The Morgan fingerprint density at radius 1 is 1.41 bits per heavy atom. The number of fused-ring (bicyclic) bond motifs is 1. The molecule has 94 valence electrons. The largest absolute Gasteiger partial charge is 0.324 e. The number of nitrogens with zero attached hydrogens (tertiary/aromatic N) is 1. The molecular weight excluding hydrogens is 300 g/mol. The summed E-state index contributed by atoms with van der Waals surface area (Å²) in [6.45, 7) is 6.96. The number of hydrogen-bond donors (Lipinski definition) is 1. The second-order valence-corrected chi connectivity index (χ2v) is 6.70. The summed E-state index contributed by atoms with van der Waals surface area (Å²) in [6.07, 6.45) is 1.03. The van der Waals surface area contributed by atoms with Crippen LogP contribution in [0.1, 0.15) is 25.0 Å². The number of nitrogens with two attached hydrogens (primary N) is 1. The summed E-state index contributed by atoms with van der Waals surface area (Å²) < 4.78 is 1.17. The van der Waals surface area contributed by atoms with Crippen molar-refractivity contribution in [1.29, 1.82) is 0 Å². The topological polar surface area (TPSA) is 29.3 Å². The van der Waals surface area contributed by atoms with Crippen molar-refractivity contribution < 1.29 is 0 Å². The Labute approximate surface area is 116 Å². The predicted octanol–water partition coefficient (Wildman–Crippen LogP) is 3.20. The highest BCUT2D eigenvalue weighted by atomic mass is 79.9. The summed E-state index contributed by atoms with van der Waals surface area (Å²) in [4.78, 5) is 2.38. The second-order valence-electron chi connectivity index (χ2n) is 5.44. The fraction of sp³-hybridized carbons (Fsp3) is 0.538. The minimum absolute atomic E-state index is 0.157. The molecule has 1 aromatic rings. The van der Waals surface area contributed by atoms with Gasteiger partial charge in [0.25, 0.3) is 0 Å². The van der Waals surface area contributed by atoms with Crippen molar-refractivity contribution in [3.8, 4) is 0 Å². The highest BCUT2D eigenvalue weighted by Gasteiger charge is 2.24. The summed E-state index contributed by atoms with van der Waals surface area (Å²) in [5.74, 6) is 0. The summed E-state index contributed by atoms with van der Waals surface area (Å²) >= 11 is 9.87. The third-order valence-electron chi connectivity index (χ3n) is 3.01. The molecule has 0 amide bonds. The van der Waals surface area contributed by atoms with E-state index in [4.69, 9.17) is 17.3 Å². The Kier molecular flexibility index (Phi) is 3.83. The van der Waals surface area contributed by atoms with Crippen LogP contribution in [0.3, 0.4) is 0 Å². The fourth-order valence-corrected chi connectivity index (χ4v) is 3.17. The smallest absolute Gasteiger partial charge is 0.0454 e. The molecule has 1 aromatic carbocycles. The van der Waals surface area contributed by atoms with E-state index in [-0.39, 0.29) is 5.54 Å². The van der Waals surface area contributed by atoms with Crippen molar-refractivity contribution in [3.63, 3.8) is 0 Å². The molecule has 0 aliphatic carbocycles. The van der Waals surface area contributed by atoms with E-state index in [9.17, 15) is 0 Å². The molecule has 2 nitrogen and oxygen atoms in total. The van der Waals surface area contributed by atoms with Crippen molar-refractivity contribution >= 4 is 27.5 Å². The van der Waals surface area contributed by atoms with Crippen LogP contribution in [0, 0.1) is 0 Å². The van der Waals surface area contributed by atoms with Crippen LogP contribution in [-0.4, -0.2) is 23.5 Å². The molecule has 1 aliphatic rings. The Hall–Kier alpha value is -0.0900. The molecule has 0 saturated heterocycles. The zero-order chi connectivity index (χ0) is 12.6. The third-order valence-corrected chi connectivity index (χ3v) is 4.10. The third kappa shape index (κ3) is 3.22. The van der Waals surface area contributed by atoms with Crippen LogP contribution in [0.15, 0.2) is 16.6 Å². The summed E-state index contributed by atoms with van der Waals surface area (Å²) in [5.41, 5.74) is 8.51. The lowest BCUT2D eigenvalue weighted by Gasteiger charge is -2.34. The normalized spacial score (nSPS) is 17.0. The lowest BCUT2D eigenvalue weighted by atomic mass is 9.97. The molecule has 2 rings (SSSR count). The zero-order valence-corrected chi connectivity index (χ0v) is 12.6. The maximum Gasteiger partial charge on any atom is 0.0454 e. The van der Waals surface area contributed by atoms with Gasteiger partial charge < -0.3 is 5.73 Å². The first-order valence-electron chi connectivity index (χ1n) is 5.84. The van der Waals surface area contributed by atoms with Gasteiger partial charge in [-0.15, -0.1) is 0 Å². The lowest BCUT2D eigenvalue weighted by Crippen LogP contribution is -2.46. The van der Waals surface area contributed by atoms with Crippen LogP contribution in [0.2, 0.25) is 5.02 Å². The van der Waals surface area contributed by atoms with Gasteiger partial charge in [-0.25, -0.2) is 0 Å². The van der Waals surface area contributed by atoms with E-state index < -0.39 is 0 Å².